The van der Waals surface area contributed by atoms with E-state index in [4.69, 9.17) is 9.47 Å². The summed E-state index contributed by atoms with van der Waals surface area (Å²) in [6.07, 6.45) is 4.10. The third kappa shape index (κ3) is 4.12. The molecule has 0 radical (unpaired) electrons. The Bertz CT molecular complexity index is 647. The number of carboxylic acid groups (broad SMARTS) is 1. The van der Waals surface area contributed by atoms with Crippen LogP contribution in [0.5, 0.6) is 5.75 Å². The van der Waals surface area contributed by atoms with Gasteiger partial charge in [-0.25, -0.2) is 0 Å². The van der Waals surface area contributed by atoms with Crippen molar-refractivity contribution in [3.05, 3.63) is 23.8 Å². The van der Waals surface area contributed by atoms with E-state index in [9.17, 15) is 14.7 Å². The average molecular weight is 347 g/mol. The molecule has 6 nitrogen and oxygen atoms in total. The molecule has 1 aromatic carbocycles. The van der Waals surface area contributed by atoms with Crippen LogP contribution in [0.1, 0.15) is 44.1 Å². The van der Waals surface area contributed by atoms with E-state index >= 15 is 0 Å². The highest BCUT2D eigenvalue weighted by atomic mass is 16.5. The topological polar surface area (TPSA) is 84.9 Å². The number of benzene rings is 1. The van der Waals surface area contributed by atoms with Crippen molar-refractivity contribution in [1.29, 1.82) is 0 Å². The molecule has 25 heavy (non-hydrogen) atoms. The van der Waals surface area contributed by atoms with Crippen molar-refractivity contribution in [2.24, 2.45) is 5.41 Å². The number of hydrogen-bond acceptors (Lipinski definition) is 4. The second kappa shape index (κ2) is 7.44. The Morgan fingerprint density at radius 2 is 2.16 bits per heavy atom. The van der Waals surface area contributed by atoms with Crippen LogP contribution < -0.4 is 10.1 Å². The van der Waals surface area contributed by atoms with Gasteiger partial charge in [-0.05, 0) is 50.3 Å². The Balaban J connectivity index is 1.64. The monoisotopic (exact) mass is 347 g/mol. The molecule has 1 aliphatic heterocycles. The number of aliphatic carboxylic acids is 1. The van der Waals surface area contributed by atoms with E-state index < -0.39 is 11.4 Å². The molecule has 0 aromatic heterocycles. The first-order valence-electron chi connectivity index (χ1n) is 8.87. The van der Waals surface area contributed by atoms with Crippen LogP contribution in [0.2, 0.25) is 0 Å². The van der Waals surface area contributed by atoms with Crippen LogP contribution in [-0.4, -0.2) is 36.3 Å². The molecule has 1 saturated heterocycles. The molecule has 1 heterocycles. The van der Waals surface area contributed by atoms with Crippen LogP contribution in [0.15, 0.2) is 18.2 Å². The number of ether oxygens (including phenoxy) is 2. The second-order valence-electron chi connectivity index (χ2n) is 7.11. The van der Waals surface area contributed by atoms with Crippen LogP contribution >= 0.6 is 0 Å². The van der Waals surface area contributed by atoms with Gasteiger partial charge in [0, 0.05) is 13.0 Å². The summed E-state index contributed by atoms with van der Waals surface area (Å²) in [6.45, 7) is 3.17. The molecule has 0 bridgehead atoms. The Morgan fingerprint density at radius 1 is 1.36 bits per heavy atom. The predicted octanol–water partition coefficient (Wildman–Crippen LogP) is 3.14. The molecule has 6 heteroatoms. The van der Waals surface area contributed by atoms with E-state index in [1.165, 1.54) is 0 Å². The van der Waals surface area contributed by atoms with Crippen LogP contribution in [0.4, 0.5) is 5.69 Å². The van der Waals surface area contributed by atoms with Crippen molar-refractivity contribution in [2.45, 2.75) is 51.6 Å². The Labute approximate surface area is 147 Å². The maximum atomic E-state index is 12.4. The fourth-order valence-electron chi connectivity index (χ4n) is 3.38. The Morgan fingerprint density at radius 3 is 2.76 bits per heavy atom. The lowest BCUT2D eigenvalue weighted by atomic mass is 9.66. The van der Waals surface area contributed by atoms with E-state index in [-0.39, 0.29) is 18.4 Å². The van der Waals surface area contributed by atoms with E-state index in [0.29, 0.717) is 30.9 Å². The molecule has 1 atom stereocenters. The largest absolute Gasteiger partial charge is 0.489 e. The minimum atomic E-state index is -0.895. The van der Waals surface area contributed by atoms with E-state index in [2.05, 4.69) is 5.32 Å². The number of anilines is 1. The number of carbonyl (C=O) groups excluding carboxylic acids is 1. The van der Waals surface area contributed by atoms with Crippen molar-refractivity contribution in [3.63, 3.8) is 0 Å². The van der Waals surface area contributed by atoms with Gasteiger partial charge < -0.3 is 19.9 Å². The minimum absolute atomic E-state index is 0.00137. The number of amides is 1. The molecule has 2 aliphatic rings. The zero-order valence-corrected chi connectivity index (χ0v) is 14.5. The van der Waals surface area contributed by atoms with Gasteiger partial charge in [0.05, 0.1) is 17.2 Å². The molecular formula is C19H25NO5. The molecule has 1 unspecified atom stereocenters. The summed E-state index contributed by atoms with van der Waals surface area (Å²) >= 11 is 0. The first-order chi connectivity index (χ1) is 12.0. The molecule has 2 N–H and O–H groups in total. The molecule has 136 valence electrons. The van der Waals surface area contributed by atoms with E-state index in [1.54, 1.807) is 6.07 Å². The summed E-state index contributed by atoms with van der Waals surface area (Å²) in [5.41, 5.74) is 0.711. The maximum absolute atomic E-state index is 12.4. The van der Waals surface area contributed by atoms with Crippen LogP contribution in [0.25, 0.3) is 0 Å². The number of hydrogen-bond donors (Lipinski definition) is 2. The lowest BCUT2D eigenvalue weighted by Gasteiger charge is -2.36. The van der Waals surface area contributed by atoms with Gasteiger partial charge in [0.1, 0.15) is 12.4 Å². The standard InChI is InChI=1S/C19H25NO5/c1-13-5-6-15(16(10-13)25-12-14-4-2-9-24-14)20-17(21)11-19(18(22)23)7-3-8-19/h5-6,10,14H,2-4,7-9,11-12H2,1H3,(H,20,21)(H,22,23). The number of carbonyl (C=O) groups is 2. The smallest absolute Gasteiger partial charge is 0.310 e. The SMILES string of the molecule is Cc1ccc(NC(=O)CC2(C(=O)O)CCC2)c(OCC2CCCO2)c1. The maximum Gasteiger partial charge on any atom is 0.310 e. The first kappa shape index (κ1) is 17.7. The summed E-state index contributed by atoms with van der Waals surface area (Å²) in [6, 6.07) is 5.57. The quantitative estimate of drug-likeness (QED) is 0.791. The van der Waals surface area contributed by atoms with Gasteiger partial charge in [-0.1, -0.05) is 12.5 Å². The Kier molecular flexibility index (Phi) is 5.27. The molecule has 1 aromatic rings. The zero-order valence-electron chi connectivity index (χ0n) is 14.5. The summed E-state index contributed by atoms with van der Waals surface area (Å²) in [5.74, 6) is -0.567. The van der Waals surface area contributed by atoms with Crippen molar-refractivity contribution >= 4 is 17.6 Å². The number of carboxylic acids is 1. The predicted molar refractivity (Wildman–Crippen MR) is 92.8 cm³/mol. The van der Waals surface area contributed by atoms with Crippen LogP contribution in [0.3, 0.4) is 0 Å². The van der Waals surface area contributed by atoms with Crippen molar-refractivity contribution in [1.82, 2.24) is 0 Å². The lowest BCUT2D eigenvalue weighted by molar-refractivity contribution is -0.157. The Hall–Kier alpha value is -2.08. The molecule has 3 rings (SSSR count). The van der Waals surface area contributed by atoms with E-state index in [1.807, 2.05) is 19.1 Å². The summed E-state index contributed by atoms with van der Waals surface area (Å²) in [5, 5.41) is 12.2. The van der Waals surface area contributed by atoms with Crippen LogP contribution in [-0.2, 0) is 14.3 Å². The molecule has 2 fully saturated rings. The van der Waals surface area contributed by atoms with Gasteiger partial charge in [0.25, 0.3) is 0 Å². The first-order valence-corrected chi connectivity index (χ1v) is 8.87. The fourth-order valence-corrected chi connectivity index (χ4v) is 3.38. The normalized spacial score (nSPS) is 21.4. The van der Waals surface area contributed by atoms with Crippen molar-refractivity contribution in [2.75, 3.05) is 18.5 Å². The molecule has 1 saturated carbocycles. The van der Waals surface area contributed by atoms with Gasteiger partial charge in [-0.15, -0.1) is 0 Å². The van der Waals surface area contributed by atoms with Gasteiger partial charge >= 0.3 is 5.97 Å². The van der Waals surface area contributed by atoms with Gasteiger partial charge in [-0.2, -0.15) is 0 Å². The van der Waals surface area contributed by atoms with Crippen molar-refractivity contribution < 1.29 is 24.2 Å². The summed E-state index contributed by atoms with van der Waals surface area (Å²) < 4.78 is 11.4. The number of aryl methyl sites for hydroxylation is 1. The zero-order chi connectivity index (χ0) is 17.9. The highest BCUT2D eigenvalue weighted by Crippen LogP contribution is 2.44. The van der Waals surface area contributed by atoms with Gasteiger partial charge in [0.15, 0.2) is 0 Å². The number of nitrogens with one attached hydrogen (secondary N) is 1. The molecular weight excluding hydrogens is 322 g/mol. The third-order valence-electron chi connectivity index (χ3n) is 5.12. The van der Waals surface area contributed by atoms with Crippen LogP contribution in [0, 0.1) is 12.3 Å². The van der Waals surface area contributed by atoms with Gasteiger partial charge in [-0.3, -0.25) is 9.59 Å². The molecule has 1 amide bonds. The summed E-state index contributed by atoms with van der Waals surface area (Å²) in [4.78, 5) is 23.8. The summed E-state index contributed by atoms with van der Waals surface area (Å²) in [7, 11) is 0. The third-order valence-corrected chi connectivity index (χ3v) is 5.12. The average Bonchev–Trinajstić information content (AvgIpc) is 3.04. The highest BCUT2D eigenvalue weighted by molar-refractivity contribution is 5.95. The number of rotatable bonds is 7. The fraction of sp³-hybridized carbons (Fsp3) is 0.579. The van der Waals surface area contributed by atoms with E-state index in [0.717, 1.165) is 31.4 Å². The van der Waals surface area contributed by atoms with Crippen molar-refractivity contribution in [3.8, 4) is 5.75 Å². The molecule has 0 spiro atoms. The second-order valence-corrected chi connectivity index (χ2v) is 7.11. The highest BCUT2D eigenvalue weighted by Gasteiger charge is 2.45. The lowest BCUT2D eigenvalue weighted by Crippen LogP contribution is -2.41. The van der Waals surface area contributed by atoms with Gasteiger partial charge in [0.2, 0.25) is 5.91 Å². The molecule has 1 aliphatic carbocycles. The minimum Gasteiger partial charge on any atom is -0.489 e.